The first kappa shape index (κ1) is 15.7. The predicted octanol–water partition coefficient (Wildman–Crippen LogP) is 1.88. The number of rotatable bonds is 5. The summed E-state index contributed by atoms with van der Waals surface area (Å²) in [5, 5.41) is 2.62. The van der Waals surface area contributed by atoms with E-state index in [2.05, 4.69) is 16.3 Å². The molecule has 0 radical (unpaired) electrons. The van der Waals surface area contributed by atoms with Gasteiger partial charge in [-0.3, -0.25) is 5.41 Å². The summed E-state index contributed by atoms with van der Waals surface area (Å²) in [7, 11) is 0. The van der Waals surface area contributed by atoms with Crippen LogP contribution >= 0.6 is 11.6 Å². The Hall–Kier alpha value is -1.31. The molecule has 0 fully saturated rings. The molecule has 98 valence electrons. The summed E-state index contributed by atoms with van der Waals surface area (Å²) in [5.74, 6) is -1.55. The molecule has 4 nitrogen and oxygen atoms in total. The van der Waals surface area contributed by atoms with Crippen LogP contribution in [-0.2, 0) is 9.53 Å². The second-order valence-electron chi connectivity index (χ2n) is 2.72. The van der Waals surface area contributed by atoms with Gasteiger partial charge in [-0.15, -0.1) is 0 Å². The maximum atomic E-state index is 12.6. The molecule has 0 atom stereocenters. The molecule has 0 bridgehead atoms. The van der Waals surface area contributed by atoms with Crippen molar-refractivity contribution in [3.05, 3.63) is 11.3 Å². The minimum atomic E-state index is -4.22. The van der Waals surface area contributed by atoms with E-state index in [9.17, 15) is 22.4 Å². The quantitative estimate of drug-likeness (QED) is 0.265. The van der Waals surface area contributed by atoms with Crippen molar-refractivity contribution in [2.24, 2.45) is 5.73 Å². The maximum absolute atomic E-state index is 12.6. The van der Waals surface area contributed by atoms with Gasteiger partial charge in [0.15, 0.2) is 0 Å². The van der Waals surface area contributed by atoms with Crippen LogP contribution in [0.15, 0.2) is 11.3 Å². The lowest BCUT2D eigenvalue weighted by atomic mass is 10.1. The van der Waals surface area contributed by atoms with Gasteiger partial charge in [-0.05, 0) is 18.5 Å². The molecule has 0 aliphatic heterocycles. The molecule has 0 saturated heterocycles. The fourth-order valence-electron chi connectivity index (χ4n) is 0.819. The van der Waals surface area contributed by atoms with Gasteiger partial charge in [0.25, 0.3) is 6.43 Å². The highest BCUT2D eigenvalue weighted by molar-refractivity contribution is 6.26. The fraction of sp³-hybridized carbons (Fsp3) is 0.500. The van der Waals surface area contributed by atoms with Crippen molar-refractivity contribution < 1.29 is 27.1 Å². The molecule has 0 rings (SSSR count). The number of hydrogen-bond donors (Lipinski definition) is 2. The van der Waals surface area contributed by atoms with Crippen LogP contribution < -0.4 is 5.73 Å². The number of alkyl halides is 5. The Morgan fingerprint density at radius 1 is 1.53 bits per heavy atom. The second kappa shape index (κ2) is 5.85. The van der Waals surface area contributed by atoms with Crippen molar-refractivity contribution >= 4 is 23.3 Å². The topological polar surface area (TPSA) is 76.2 Å². The molecule has 0 aliphatic carbocycles. The van der Waals surface area contributed by atoms with Crippen LogP contribution in [0.4, 0.5) is 17.6 Å². The average Bonchev–Trinajstić information content (AvgIpc) is 2.16. The number of allylic oxidation sites excluding steroid dienone is 1. The van der Waals surface area contributed by atoms with Crippen molar-refractivity contribution in [2.45, 2.75) is 18.7 Å². The van der Waals surface area contributed by atoms with Crippen molar-refractivity contribution in [1.82, 2.24) is 0 Å². The number of carbonyl (C=O) groups is 1. The van der Waals surface area contributed by atoms with E-state index in [1.807, 2.05) is 0 Å². The molecule has 0 heterocycles. The van der Waals surface area contributed by atoms with E-state index < -0.39 is 34.8 Å². The van der Waals surface area contributed by atoms with Crippen LogP contribution in [0.2, 0.25) is 0 Å². The van der Waals surface area contributed by atoms with Gasteiger partial charge in [0.05, 0.1) is 6.61 Å². The summed E-state index contributed by atoms with van der Waals surface area (Å²) in [6.45, 7) is 1.08. The average molecular weight is 277 g/mol. The Bertz CT molecular complexity index is 352. The largest absolute Gasteiger partial charge is 0.462 e. The number of hydrogen-bond acceptors (Lipinski definition) is 4. The van der Waals surface area contributed by atoms with Crippen LogP contribution in [-0.4, -0.2) is 30.1 Å². The molecule has 0 unspecified atom stereocenters. The van der Waals surface area contributed by atoms with Crippen molar-refractivity contribution in [3.8, 4) is 0 Å². The van der Waals surface area contributed by atoms with Gasteiger partial charge in [0, 0.05) is 0 Å². The minimum Gasteiger partial charge on any atom is -0.462 e. The van der Waals surface area contributed by atoms with Gasteiger partial charge >= 0.3 is 11.4 Å². The molecule has 0 saturated carbocycles. The zero-order chi connectivity index (χ0) is 13.8. The van der Waals surface area contributed by atoms with E-state index in [0.717, 1.165) is 0 Å². The summed E-state index contributed by atoms with van der Waals surface area (Å²) in [6.07, 6.45) is -3.45. The highest BCUT2D eigenvalue weighted by atomic mass is 35.5. The number of ether oxygens (including phenoxy) is 1. The van der Waals surface area contributed by atoms with Gasteiger partial charge in [0.2, 0.25) is 0 Å². The zero-order valence-corrected chi connectivity index (χ0v) is 9.32. The van der Waals surface area contributed by atoms with Crippen molar-refractivity contribution in [2.75, 3.05) is 6.61 Å². The first-order valence-corrected chi connectivity index (χ1v) is 4.61. The van der Waals surface area contributed by atoms with E-state index in [-0.39, 0.29) is 6.61 Å². The maximum Gasteiger partial charge on any atom is 0.363 e. The zero-order valence-electron chi connectivity index (χ0n) is 8.57. The summed E-state index contributed by atoms with van der Waals surface area (Å²) in [4.78, 5) is 11.2. The molecule has 0 amide bonds. The molecule has 0 aromatic rings. The Kier molecular flexibility index (Phi) is 5.40. The fourth-order valence-corrected chi connectivity index (χ4v) is 0.914. The van der Waals surface area contributed by atoms with Crippen LogP contribution in [0.3, 0.4) is 0 Å². The third-order valence-electron chi connectivity index (χ3n) is 1.54. The van der Waals surface area contributed by atoms with E-state index in [1.165, 1.54) is 6.92 Å². The van der Waals surface area contributed by atoms with Gasteiger partial charge in [-0.2, -0.15) is 8.78 Å². The molecule has 0 aromatic carbocycles. The highest BCUT2D eigenvalue weighted by Gasteiger charge is 2.38. The Balaban J connectivity index is 5.56. The second-order valence-corrected chi connectivity index (χ2v) is 3.20. The number of nitrogens with one attached hydrogen (secondary N) is 1. The summed E-state index contributed by atoms with van der Waals surface area (Å²) in [6, 6.07) is 0. The molecule has 0 aliphatic rings. The van der Waals surface area contributed by atoms with Crippen LogP contribution in [0.25, 0.3) is 0 Å². The normalized spacial score (nSPS) is 13.4. The van der Waals surface area contributed by atoms with Crippen LogP contribution in [0, 0.1) is 5.41 Å². The molecule has 0 aromatic heterocycles. The third-order valence-corrected chi connectivity index (χ3v) is 1.75. The lowest BCUT2D eigenvalue weighted by Crippen LogP contribution is -2.30. The Labute approximate surface area is 98.9 Å². The monoisotopic (exact) mass is 276 g/mol. The number of esters is 1. The Morgan fingerprint density at radius 3 is 2.29 bits per heavy atom. The smallest absolute Gasteiger partial charge is 0.363 e. The molecule has 17 heavy (non-hydrogen) atoms. The minimum absolute atomic E-state index is 0.250. The summed E-state index contributed by atoms with van der Waals surface area (Å²) >= 11 is 4.51. The lowest BCUT2D eigenvalue weighted by Gasteiger charge is -2.14. The highest BCUT2D eigenvalue weighted by Crippen LogP contribution is 2.28. The molecular weight excluding hydrogens is 268 g/mol. The Morgan fingerprint density at radius 2 is 2.00 bits per heavy atom. The molecule has 3 N–H and O–H groups in total. The van der Waals surface area contributed by atoms with Gasteiger partial charge in [0.1, 0.15) is 17.0 Å². The molecule has 0 spiro atoms. The van der Waals surface area contributed by atoms with Gasteiger partial charge in [-0.1, -0.05) is 0 Å². The van der Waals surface area contributed by atoms with Crippen molar-refractivity contribution in [3.63, 3.8) is 0 Å². The molecule has 9 heteroatoms. The summed E-state index contributed by atoms with van der Waals surface area (Å²) < 4.78 is 53.9. The predicted molar refractivity (Wildman–Crippen MR) is 52.4 cm³/mol. The van der Waals surface area contributed by atoms with Crippen LogP contribution in [0.1, 0.15) is 6.92 Å². The third kappa shape index (κ3) is 4.22. The van der Waals surface area contributed by atoms with Crippen molar-refractivity contribution in [1.29, 1.82) is 5.41 Å². The lowest BCUT2D eigenvalue weighted by molar-refractivity contribution is -0.138. The van der Waals surface area contributed by atoms with Gasteiger partial charge < -0.3 is 10.5 Å². The van der Waals surface area contributed by atoms with E-state index in [1.54, 1.807) is 0 Å². The van der Waals surface area contributed by atoms with Crippen LogP contribution in [0.5, 0.6) is 0 Å². The number of carbonyl (C=O) groups excluding carboxylic acids is 1. The standard InChI is InChI=1S/C8H9ClF4N2O2/c1-2-17-7(16)3(4(14)6(10)11)5(15)8(9,12)13/h6,14H,2,15H2,1H3/b5-3+,14-4?. The number of nitrogens with two attached hydrogens (primary N) is 1. The SMILES string of the molecule is CCOC(=O)/C(C(=N)C(F)F)=C(/N)C(F)(F)Cl. The van der Waals surface area contributed by atoms with E-state index >= 15 is 0 Å². The first-order valence-electron chi connectivity index (χ1n) is 4.23. The molecular formula is C8H9ClF4N2O2. The van der Waals surface area contributed by atoms with E-state index in [4.69, 9.17) is 11.1 Å². The van der Waals surface area contributed by atoms with Gasteiger partial charge in [-0.25, -0.2) is 13.6 Å². The first-order chi connectivity index (χ1) is 7.62. The van der Waals surface area contributed by atoms with E-state index in [0.29, 0.717) is 0 Å². The summed E-state index contributed by atoms with van der Waals surface area (Å²) in [5.41, 5.74) is 0.0709. The number of halogens is 5.